The molecule has 9 heteroatoms. The van der Waals surface area contributed by atoms with Gasteiger partial charge in [0.2, 0.25) is 5.89 Å². The van der Waals surface area contributed by atoms with E-state index in [0.29, 0.717) is 38.0 Å². The highest BCUT2D eigenvalue weighted by Gasteiger charge is 2.21. The van der Waals surface area contributed by atoms with Crippen LogP contribution < -0.4 is 10.6 Å². The molecule has 0 aliphatic carbocycles. The quantitative estimate of drug-likeness (QED) is 0.570. The van der Waals surface area contributed by atoms with E-state index in [1.54, 1.807) is 13.2 Å². The van der Waals surface area contributed by atoms with Gasteiger partial charge in [-0.15, -0.1) is 0 Å². The summed E-state index contributed by atoms with van der Waals surface area (Å²) in [5, 5.41) is 6.39. The summed E-state index contributed by atoms with van der Waals surface area (Å²) in [6.45, 7) is 9.37. The molecule has 1 aliphatic rings. The Bertz CT molecular complexity index is 677. The molecule has 0 atom stereocenters. The van der Waals surface area contributed by atoms with Gasteiger partial charge in [0.1, 0.15) is 5.76 Å². The van der Waals surface area contributed by atoms with E-state index < -0.39 is 9.84 Å². The van der Waals surface area contributed by atoms with Crippen molar-refractivity contribution in [1.82, 2.24) is 20.5 Å². The van der Waals surface area contributed by atoms with Crippen LogP contribution in [0.25, 0.3) is 0 Å². The number of nitrogens with zero attached hydrogens (tertiary/aromatic N) is 3. The summed E-state index contributed by atoms with van der Waals surface area (Å²) in [4.78, 5) is 10.6. The van der Waals surface area contributed by atoms with Crippen LogP contribution in [0.4, 0.5) is 0 Å². The SMILES string of the molecule is CN=C(NCCN1CCS(=O)(=O)CC1)NCc1ncc(C(C)(C)C)o1. The minimum atomic E-state index is -2.83. The summed E-state index contributed by atoms with van der Waals surface area (Å²) >= 11 is 0. The van der Waals surface area contributed by atoms with Gasteiger partial charge in [0.05, 0.1) is 24.2 Å². The maximum Gasteiger partial charge on any atom is 0.213 e. The molecule has 1 aliphatic heterocycles. The van der Waals surface area contributed by atoms with Gasteiger partial charge < -0.3 is 15.1 Å². The molecule has 0 aromatic carbocycles. The van der Waals surface area contributed by atoms with Gasteiger partial charge in [0.25, 0.3) is 0 Å². The number of guanidine groups is 1. The maximum atomic E-state index is 11.4. The number of aliphatic imine (C=N–C) groups is 1. The third-order valence-electron chi connectivity index (χ3n) is 4.08. The van der Waals surface area contributed by atoms with Gasteiger partial charge in [0.15, 0.2) is 15.8 Å². The van der Waals surface area contributed by atoms with E-state index >= 15 is 0 Å². The first-order valence-corrected chi connectivity index (χ1v) is 10.3. The molecule has 0 bridgehead atoms. The highest BCUT2D eigenvalue weighted by molar-refractivity contribution is 7.91. The number of hydrogen-bond acceptors (Lipinski definition) is 6. The van der Waals surface area contributed by atoms with Crippen molar-refractivity contribution >= 4 is 15.8 Å². The normalized spacial score (nSPS) is 19.0. The van der Waals surface area contributed by atoms with Crippen LogP contribution in [0, 0.1) is 0 Å². The molecule has 1 aromatic heterocycles. The smallest absolute Gasteiger partial charge is 0.213 e. The van der Waals surface area contributed by atoms with E-state index in [9.17, 15) is 8.42 Å². The van der Waals surface area contributed by atoms with Crippen LogP contribution in [0.2, 0.25) is 0 Å². The van der Waals surface area contributed by atoms with Gasteiger partial charge in [-0.3, -0.25) is 9.89 Å². The number of aromatic nitrogens is 1. The van der Waals surface area contributed by atoms with Crippen molar-refractivity contribution in [3.63, 3.8) is 0 Å². The van der Waals surface area contributed by atoms with E-state index in [-0.39, 0.29) is 16.9 Å². The summed E-state index contributed by atoms with van der Waals surface area (Å²) in [5.74, 6) is 2.64. The molecule has 8 nitrogen and oxygen atoms in total. The Morgan fingerprint density at radius 1 is 1.32 bits per heavy atom. The molecule has 2 heterocycles. The first kappa shape index (κ1) is 19.7. The summed E-state index contributed by atoms with van der Waals surface area (Å²) in [6.07, 6.45) is 1.76. The molecule has 142 valence electrons. The maximum absolute atomic E-state index is 11.4. The molecule has 0 spiro atoms. The van der Waals surface area contributed by atoms with Crippen LogP contribution in [-0.4, -0.2) is 69.0 Å². The lowest BCUT2D eigenvalue weighted by Gasteiger charge is -2.26. The lowest BCUT2D eigenvalue weighted by molar-refractivity contribution is 0.299. The first-order valence-electron chi connectivity index (χ1n) is 8.52. The van der Waals surface area contributed by atoms with E-state index in [1.807, 2.05) is 0 Å². The van der Waals surface area contributed by atoms with Crippen molar-refractivity contribution in [2.75, 3.05) is 44.7 Å². The fourth-order valence-electron chi connectivity index (χ4n) is 2.42. The van der Waals surface area contributed by atoms with Gasteiger partial charge in [-0.05, 0) is 0 Å². The predicted molar refractivity (Wildman–Crippen MR) is 98.5 cm³/mol. The van der Waals surface area contributed by atoms with Crippen molar-refractivity contribution in [3.8, 4) is 0 Å². The van der Waals surface area contributed by atoms with Crippen molar-refractivity contribution in [2.45, 2.75) is 32.7 Å². The van der Waals surface area contributed by atoms with Gasteiger partial charge in [-0.2, -0.15) is 0 Å². The number of hydrogen-bond donors (Lipinski definition) is 2. The van der Waals surface area contributed by atoms with Gasteiger partial charge in [-0.1, -0.05) is 20.8 Å². The molecule has 25 heavy (non-hydrogen) atoms. The third kappa shape index (κ3) is 6.32. The zero-order chi connectivity index (χ0) is 18.5. The minimum Gasteiger partial charge on any atom is -0.443 e. The molecule has 1 aromatic rings. The fourth-order valence-corrected chi connectivity index (χ4v) is 3.70. The minimum absolute atomic E-state index is 0.0624. The Kier molecular flexibility index (Phi) is 6.45. The first-order chi connectivity index (χ1) is 11.7. The Labute approximate surface area is 150 Å². The van der Waals surface area contributed by atoms with Crippen molar-refractivity contribution in [1.29, 1.82) is 0 Å². The molecule has 2 rings (SSSR count). The molecule has 0 amide bonds. The van der Waals surface area contributed by atoms with Gasteiger partial charge in [0, 0.05) is 38.6 Å². The van der Waals surface area contributed by atoms with E-state index in [4.69, 9.17) is 4.42 Å². The summed E-state index contributed by atoms with van der Waals surface area (Å²) in [6, 6.07) is 0. The monoisotopic (exact) mass is 371 g/mol. The zero-order valence-electron chi connectivity index (χ0n) is 15.5. The Balaban J connectivity index is 1.71. The van der Waals surface area contributed by atoms with E-state index in [0.717, 1.165) is 12.3 Å². The van der Waals surface area contributed by atoms with Gasteiger partial charge >= 0.3 is 0 Å². The molecule has 0 unspecified atom stereocenters. The molecule has 2 N–H and O–H groups in total. The van der Waals surface area contributed by atoms with E-state index in [2.05, 4.69) is 46.3 Å². The second kappa shape index (κ2) is 8.18. The number of oxazole rings is 1. The Morgan fingerprint density at radius 2 is 2.00 bits per heavy atom. The van der Waals surface area contributed by atoms with Gasteiger partial charge in [-0.25, -0.2) is 13.4 Å². The third-order valence-corrected chi connectivity index (χ3v) is 5.69. The largest absolute Gasteiger partial charge is 0.443 e. The average Bonchev–Trinajstić information content (AvgIpc) is 3.01. The van der Waals surface area contributed by atoms with Crippen molar-refractivity contribution in [3.05, 3.63) is 17.8 Å². The lowest BCUT2D eigenvalue weighted by Crippen LogP contribution is -2.45. The molecule has 0 saturated carbocycles. The second-order valence-corrected chi connectivity index (χ2v) is 9.52. The molecular formula is C16H29N5O3S. The molecule has 0 radical (unpaired) electrons. The Morgan fingerprint density at radius 3 is 2.56 bits per heavy atom. The standard InChI is InChI=1S/C16H29N5O3S/c1-16(2,3)13-11-19-14(24-13)12-20-15(17-4)18-5-6-21-7-9-25(22,23)10-8-21/h11H,5-10,12H2,1-4H3,(H2,17,18,20). The molecule has 1 fully saturated rings. The number of rotatable bonds is 5. The molecule has 1 saturated heterocycles. The Hall–Kier alpha value is -1.61. The lowest BCUT2D eigenvalue weighted by atomic mass is 9.94. The van der Waals surface area contributed by atoms with Crippen LogP contribution in [0.3, 0.4) is 0 Å². The number of sulfone groups is 1. The zero-order valence-corrected chi connectivity index (χ0v) is 16.3. The second-order valence-electron chi connectivity index (χ2n) is 7.21. The van der Waals surface area contributed by atoms with Crippen LogP contribution in [-0.2, 0) is 21.8 Å². The van der Waals surface area contributed by atoms with Crippen molar-refractivity contribution in [2.24, 2.45) is 4.99 Å². The van der Waals surface area contributed by atoms with Crippen molar-refractivity contribution < 1.29 is 12.8 Å². The van der Waals surface area contributed by atoms with Crippen LogP contribution >= 0.6 is 0 Å². The highest BCUT2D eigenvalue weighted by atomic mass is 32.2. The molecular weight excluding hydrogens is 342 g/mol. The predicted octanol–water partition coefficient (Wildman–Crippen LogP) is 0.368. The topological polar surface area (TPSA) is 99.8 Å². The fraction of sp³-hybridized carbons (Fsp3) is 0.750. The summed E-state index contributed by atoms with van der Waals surface area (Å²) in [5.41, 5.74) is -0.0624. The number of nitrogens with one attached hydrogen (secondary N) is 2. The summed E-state index contributed by atoms with van der Waals surface area (Å²) < 4.78 is 28.6. The van der Waals surface area contributed by atoms with E-state index in [1.165, 1.54) is 0 Å². The van der Waals surface area contributed by atoms with Crippen LogP contribution in [0.15, 0.2) is 15.6 Å². The van der Waals surface area contributed by atoms with Crippen LogP contribution in [0.1, 0.15) is 32.4 Å². The summed E-state index contributed by atoms with van der Waals surface area (Å²) in [7, 11) is -1.12. The average molecular weight is 372 g/mol. The van der Waals surface area contributed by atoms with Crippen LogP contribution in [0.5, 0.6) is 0 Å². The highest BCUT2D eigenvalue weighted by Crippen LogP contribution is 2.22.